The van der Waals surface area contributed by atoms with Gasteiger partial charge in [-0.05, 0) is 18.6 Å². The van der Waals surface area contributed by atoms with E-state index in [1.807, 2.05) is 6.92 Å². The van der Waals surface area contributed by atoms with Crippen LogP contribution in [0.2, 0.25) is 0 Å². The van der Waals surface area contributed by atoms with E-state index < -0.39 is 0 Å². The molecule has 0 aliphatic carbocycles. The molecule has 106 valence electrons. The van der Waals surface area contributed by atoms with Crippen molar-refractivity contribution in [1.82, 2.24) is 14.1 Å². The molecule has 0 unspecified atom stereocenters. The summed E-state index contributed by atoms with van der Waals surface area (Å²) >= 11 is 0. The molecule has 2 rings (SSSR count). The van der Waals surface area contributed by atoms with Crippen molar-refractivity contribution in [2.24, 2.45) is 5.84 Å². The SMILES string of the molecule is CCCn1ccc(=O)n(Cc2cc(NN)ccn2)c1=O. The predicted molar refractivity (Wildman–Crippen MR) is 76.4 cm³/mol. The van der Waals surface area contributed by atoms with Crippen LogP contribution in [0.1, 0.15) is 19.0 Å². The molecule has 3 N–H and O–H groups in total. The van der Waals surface area contributed by atoms with E-state index >= 15 is 0 Å². The summed E-state index contributed by atoms with van der Waals surface area (Å²) in [4.78, 5) is 28.2. The van der Waals surface area contributed by atoms with Crippen molar-refractivity contribution in [1.29, 1.82) is 0 Å². The monoisotopic (exact) mass is 275 g/mol. The molecule has 0 aliphatic rings. The van der Waals surface area contributed by atoms with Gasteiger partial charge >= 0.3 is 5.69 Å². The van der Waals surface area contributed by atoms with Gasteiger partial charge in [0.05, 0.1) is 17.9 Å². The van der Waals surface area contributed by atoms with Gasteiger partial charge in [0, 0.05) is 25.0 Å². The molecule has 0 saturated carbocycles. The van der Waals surface area contributed by atoms with Gasteiger partial charge in [0.1, 0.15) is 0 Å². The van der Waals surface area contributed by atoms with Crippen LogP contribution in [0, 0.1) is 0 Å². The van der Waals surface area contributed by atoms with Gasteiger partial charge in [-0.1, -0.05) is 6.92 Å². The fraction of sp³-hybridized carbons (Fsp3) is 0.308. The van der Waals surface area contributed by atoms with Crippen LogP contribution in [0.4, 0.5) is 5.69 Å². The highest BCUT2D eigenvalue weighted by molar-refractivity contribution is 5.41. The Morgan fingerprint density at radius 3 is 2.85 bits per heavy atom. The average Bonchev–Trinajstić information content (AvgIpc) is 2.47. The van der Waals surface area contributed by atoms with Crippen LogP contribution in [0.5, 0.6) is 0 Å². The highest BCUT2D eigenvalue weighted by Crippen LogP contribution is 2.06. The second kappa shape index (κ2) is 6.16. The second-order valence-corrected chi connectivity index (χ2v) is 4.40. The van der Waals surface area contributed by atoms with Crippen LogP contribution in [-0.2, 0) is 13.1 Å². The van der Waals surface area contributed by atoms with E-state index in [-0.39, 0.29) is 17.8 Å². The third-order valence-corrected chi connectivity index (χ3v) is 2.91. The van der Waals surface area contributed by atoms with Crippen LogP contribution >= 0.6 is 0 Å². The molecule has 0 saturated heterocycles. The molecule has 7 heteroatoms. The molecule has 0 amide bonds. The lowest BCUT2D eigenvalue weighted by molar-refractivity contribution is 0.567. The zero-order valence-corrected chi connectivity index (χ0v) is 11.2. The number of pyridine rings is 1. The smallest absolute Gasteiger partial charge is 0.324 e. The Labute approximate surface area is 115 Å². The van der Waals surface area contributed by atoms with Gasteiger partial charge in [-0.25, -0.2) is 4.79 Å². The van der Waals surface area contributed by atoms with E-state index in [1.165, 1.54) is 16.8 Å². The van der Waals surface area contributed by atoms with Crippen molar-refractivity contribution in [2.45, 2.75) is 26.4 Å². The van der Waals surface area contributed by atoms with Gasteiger partial charge < -0.3 is 9.99 Å². The number of nitrogens with one attached hydrogen (secondary N) is 1. The van der Waals surface area contributed by atoms with Crippen LogP contribution in [0.25, 0.3) is 0 Å². The Morgan fingerprint density at radius 2 is 2.15 bits per heavy atom. The maximum Gasteiger partial charge on any atom is 0.331 e. The molecule has 7 nitrogen and oxygen atoms in total. The molecule has 0 radical (unpaired) electrons. The van der Waals surface area contributed by atoms with Gasteiger partial charge in [-0.2, -0.15) is 0 Å². The van der Waals surface area contributed by atoms with E-state index in [0.717, 1.165) is 11.0 Å². The van der Waals surface area contributed by atoms with Crippen molar-refractivity contribution in [2.75, 3.05) is 5.43 Å². The number of aromatic nitrogens is 3. The highest BCUT2D eigenvalue weighted by atomic mass is 16.2. The highest BCUT2D eigenvalue weighted by Gasteiger charge is 2.06. The maximum absolute atomic E-state index is 12.2. The molecular weight excluding hydrogens is 258 g/mol. The molecule has 0 bridgehead atoms. The molecular formula is C13H17N5O2. The standard InChI is InChI=1S/C13H17N5O2/c1-2-6-17-7-4-12(19)18(13(17)20)9-11-8-10(16-14)3-5-15-11/h3-5,7-8H,2,6,9,14H2,1H3,(H,15,16). The summed E-state index contributed by atoms with van der Waals surface area (Å²) in [7, 11) is 0. The van der Waals surface area contributed by atoms with Gasteiger partial charge in [0.2, 0.25) is 0 Å². The number of nitrogen functional groups attached to an aromatic ring is 1. The van der Waals surface area contributed by atoms with E-state index in [1.54, 1.807) is 18.3 Å². The molecule has 2 heterocycles. The number of hydrazine groups is 1. The van der Waals surface area contributed by atoms with Crippen molar-refractivity contribution in [3.8, 4) is 0 Å². The zero-order chi connectivity index (χ0) is 14.5. The maximum atomic E-state index is 12.2. The first kappa shape index (κ1) is 14.0. The first-order chi connectivity index (χ1) is 9.65. The Morgan fingerprint density at radius 1 is 1.35 bits per heavy atom. The first-order valence-corrected chi connectivity index (χ1v) is 6.37. The molecule has 0 aliphatic heterocycles. The molecule has 0 spiro atoms. The van der Waals surface area contributed by atoms with Crippen LogP contribution < -0.4 is 22.5 Å². The van der Waals surface area contributed by atoms with Crippen LogP contribution in [0.15, 0.2) is 40.2 Å². The molecule has 20 heavy (non-hydrogen) atoms. The Kier molecular flexibility index (Phi) is 4.31. The lowest BCUT2D eigenvalue weighted by atomic mass is 10.3. The fourth-order valence-electron chi connectivity index (χ4n) is 1.93. The zero-order valence-electron chi connectivity index (χ0n) is 11.2. The third-order valence-electron chi connectivity index (χ3n) is 2.91. The number of hydrogen-bond donors (Lipinski definition) is 2. The summed E-state index contributed by atoms with van der Waals surface area (Å²) < 4.78 is 2.69. The van der Waals surface area contributed by atoms with E-state index in [4.69, 9.17) is 5.84 Å². The fourth-order valence-corrected chi connectivity index (χ4v) is 1.93. The number of anilines is 1. The predicted octanol–water partition coefficient (Wildman–Crippen LogP) is 0.149. The van der Waals surface area contributed by atoms with E-state index in [9.17, 15) is 9.59 Å². The van der Waals surface area contributed by atoms with Gasteiger partial charge in [-0.15, -0.1) is 0 Å². The van der Waals surface area contributed by atoms with Gasteiger partial charge in [-0.3, -0.25) is 20.2 Å². The molecule has 2 aromatic heterocycles. The normalized spacial score (nSPS) is 10.5. The van der Waals surface area contributed by atoms with Crippen molar-refractivity contribution in [3.63, 3.8) is 0 Å². The first-order valence-electron chi connectivity index (χ1n) is 6.37. The number of nitrogens with zero attached hydrogens (tertiary/aromatic N) is 3. The largest absolute Gasteiger partial charge is 0.331 e. The number of nitrogens with two attached hydrogens (primary N) is 1. The Balaban J connectivity index is 2.40. The summed E-state index contributed by atoms with van der Waals surface area (Å²) in [5.41, 5.74) is 3.10. The van der Waals surface area contributed by atoms with Crippen LogP contribution in [0.3, 0.4) is 0 Å². The summed E-state index contributed by atoms with van der Waals surface area (Å²) in [6.07, 6.45) is 3.92. The van der Waals surface area contributed by atoms with Crippen molar-refractivity contribution >= 4 is 5.69 Å². The minimum absolute atomic E-state index is 0.123. The summed E-state index contributed by atoms with van der Waals surface area (Å²) in [6.45, 7) is 2.68. The minimum atomic E-state index is -0.338. The lowest BCUT2D eigenvalue weighted by Gasteiger charge is -2.09. The minimum Gasteiger partial charge on any atom is -0.324 e. The Bertz CT molecular complexity index is 704. The Hall–Kier alpha value is -2.41. The molecule has 2 aromatic rings. The third kappa shape index (κ3) is 2.94. The molecule has 0 fully saturated rings. The number of hydrogen-bond acceptors (Lipinski definition) is 5. The average molecular weight is 275 g/mol. The lowest BCUT2D eigenvalue weighted by Crippen LogP contribution is -2.39. The number of rotatable bonds is 5. The summed E-state index contributed by atoms with van der Waals surface area (Å²) in [5.74, 6) is 5.32. The van der Waals surface area contributed by atoms with Crippen molar-refractivity contribution < 1.29 is 0 Å². The van der Waals surface area contributed by atoms with Gasteiger partial charge in [0.15, 0.2) is 0 Å². The summed E-state index contributed by atoms with van der Waals surface area (Å²) in [5, 5.41) is 0. The van der Waals surface area contributed by atoms with Gasteiger partial charge in [0.25, 0.3) is 5.56 Å². The summed E-state index contributed by atoms with van der Waals surface area (Å²) in [6, 6.07) is 4.79. The van der Waals surface area contributed by atoms with Crippen molar-refractivity contribution in [3.05, 3.63) is 57.1 Å². The topological polar surface area (TPSA) is 94.9 Å². The molecule has 0 aromatic carbocycles. The van der Waals surface area contributed by atoms with E-state index in [0.29, 0.717) is 17.9 Å². The quantitative estimate of drug-likeness (QED) is 0.598. The van der Waals surface area contributed by atoms with E-state index in [2.05, 4.69) is 10.4 Å². The molecule has 0 atom stereocenters. The van der Waals surface area contributed by atoms with Crippen LogP contribution in [-0.4, -0.2) is 14.1 Å². The number of aryl methyl sites for hydroxylation is 1. The second-order valence-electron chi connectivity index (χ2n) is 4.40.